The molecule has 0 radical (unpaired) electrons. The second-order valence-corrected chi connectivity index (χ2v) is 9.37. The Kier molecular flexibility index (Phi) is 8.17. The van der Waals surface area contributed by atoms with Crippen molar-refractivity contribution in [2.75, 3.05) is 0 Å². The Labute approximate surface area is 245 Å². The average molecular weight is 610 g/mol. The van der Waals surface area contributed by atoms with Crippen LogP contribution in [0.3, 0.4) is 0 Å². The quantitative estimate of drug-likeness (QED) is 0.173. The maximum Gasteiger partial charge on any atom is 0.453 e. The fourth-order valence-electron chi connectivity index (χ4n) is 4.32. The molecule has 224 valence electrons. The van der Waals surface area contributed by atoms with Gasteiger partial charge in [0, 0.05) is 16.7 Å². The van der Waals surface area contributed by atoms with Crippen LogP contribution in [0.5, 0.6) is 11.5 Å². The van der Waals surface area contributed by atoms with Crippen LogP contribution < -0.4 is 0 Å². The van der Waals surface area contributed by atoms with Gasteiger partial charge in [-0.25, -0.2) is 4.98 Å². The number of rotatable bonds is 4. The number of aromatic hydroxyl groups is 2. The topological polar surface area (TPSA) is 95.2 Å². The average Bonchev–Trinajstić information content (AvgIpc) is 3.66. The van der Waals surface area contributed by atoms with Crippen molar-refractivity contribution >= 4 is 0 Å². The van der Waals surface area contributed by atoms with Gasteiger partial charge < -0.3 is 19.7 Å². The summed E-state index contributed by atoms with van der Waals surface area (Å²) in [5.41, 5.74) is 2.33. The number of benzene rings is 4. The summed E-state index contributed by atoms with van der Waals surface area (Å²) in [7, 11) is 0. The highest BCUT2D eigenvalue weighted by molar-refractivity contribution is 5.82. The van der Waals surface area contributed by atoms with Crippen LogP contribution in [0.2, 0.25) is 0 Å². The summed E-state index contributed by atoms with van der Waals surface area (Å²) in [6, 6.07) is 28.4. The number of nitrogens with zero attached hydrogens (tertiary/aromatic N) is 2. The monoisotopic (exact) mass is 609 g/mol. The largest absolute Gasteiger partial charge is 0.508 e. The van der Waals surface area contributed by atoms with Crippen LogP contribution in [0.4, 0.5) is 26.3 Å². The van der Waals surface area contributed by atoms with E-state index in [1.807, 2.05) is 0 Å². The number of halogens is 6. The van der Waals surface area contributed by atoms with Crippen molar-refractivity contribution in [2.24, 2.45) is 0 Å². The molecule has 0 aliphatic rings. The number of phenols is 2. The van der Waals surface area contributed by atoms with E-state index in [-0.39, 0.29) is 34.1 Å². The van der Waals surface area contributed by atoms with Gasteiger partial charge in [0.05, 0.1) is 17.0 Å². The number of phenolic OH excluding ortho intramolecular Hbond substituents is 2. The molecule has 4 aromatic carbocycles. The second kappa shape index (κ2) is 12.0. The van der Waals surface area contributed by atoms with Gasteiger partial charge in [-0.3, -0.25) is 0 Å². The summed E-state index contributed by atoms with van der Waals surface area (Å²) in [6.45, 7) is 0. The van der Waals surface area contributed by atoms with E-state index in [0.717, 1.165) is 0 Å². The van der Waals surface area contributed by atoms with Gasteiger partial charge in [0.1, 0.15) is 17.2 Å². The van der Waals surface area contributed by atoms with Crippen LogP contribution in [0.15, 0.2) is 114 Å². The van der Waals surface area contributed by atoms with Gasteiger partial charge in [-0.15, -0.1) is 0 Å². The van der Waals surface area contributed by atoms with E-state index < -0.39 is 23.9 Å². The van der Waals surface area contributed by atoms with E-state index in [1.54, 1.807) is 60.7 Å². The summed E-state index contributed by atoms with van der Waals surface area (Å²) in [6.07, 6.45) is -9.20. The van der Waals surface area contributed by atoms with E-state index >= 15 is 0 Å². The third kappa shape index (κ3) is 6.59. The molecule has 6 rings (SSSR count). The number of alkyl halides is 6. The number of hydrogen-bond donors (Lipinski definition) is 3. The Hall–Kier alpha value is -5.52. The zero-order valence-electron chi connectivity index (χ0n) is 22.4. The Morgan fingerprint density at radius 3 is 1.52 bits per heavy atom. The third-order valence-corrected chi connectivity index (χ3v) is 6.33. The van der Waals surface area contributed by atoms with Gasteiger partial charge in [0.2, 0.25) is 11.6 Å². The highest BCUT2D eigenvalue weighted by Gasteiger charge is 2.41. The van der Waals surface area contributed by atoms with Crippen LogP contribution in [0, 0.1) is 0 Å². The van der Waals surface area contributed by atoms with Crippen molar-refractivity contribution in [1.29, 1.82) is 0 Å². The van der Waals surface area contributed by atoms with Crippen LogP contribution in [-0.4, -0.2) is 25.3 Å². The molecule has 12 heteroatoms. The highest BCUT2D eigenvalue weighted by Crippen LogP contribution is 2.42. The number of aromatic nitrogens is 3. The zero-order chi connectivity index (χ0) is 31.5. The normalized spacial score (nSPS) is 11.6. The Balaban J connectivity index is 0.000000175. The van der Waals surface area contributed by atoms with Gasteiger partial charge in [-0.1, -0.05) is 65.8 Å². The van der Waals surface area contributed by atoms with E-state index in [9.17, 15) is 36.6 Å². The Morgan fingerprint density at radius 1 is 0.545 bits per heavy atom. The lowest BCUT2D eigenvalue weighted by Crippen LogP contribution is -2.07. The second-order valence-electron chi connectivity index (χ2n) is 9.37. The summed E-state index contributed by atoms with van der Waals surface area (Å²) < 4.78 is 82.9. The molecule has 0 aliphatic heterocycles. The van der Waals surface area contributed by atoms with Gasteiger partial charge in [0.15, 0.2) is 0 Å². The fourth-order valence-corrected chi connectivity index (χ4v) is 4.32. The first-order valence-corrected chi connectivity index (χ1v) is 12.9. The molecule has 0 unspecified atom stereocenters. The number of nitrogens with one attached hydrogen (secondary N) is 1. The van der Waals surface area contributed by atoms with Gasteiger partial charge >= 0.3 is 12.4 Å². The Bertz CT molecular complexity index is 1790. The molecule has 6 nitrogen and oxygen atoms in total. The van der Waals surface area contributed by atoms with Crippen molar-refractivity contribution in [1.82, 2.24) is 15.1 Å². The predicted molar refractivity (Wildman–Crippen MR) is 150 cm³/mol. The van der Waals surface area contributed by atoms with E-state index in [2.05, 4.69) is 19.6 Å². The van der Waals surface area contributed by atoms with Crippen LogP contribution in [0.1, 0.15) is 11.6 Å². The number of imidazole rings is 1. The minimum Gasteiger partial charge on any atom is -0.508 e. The minimum atomic E-state index is -4.65. The molecule has 0 fully saturated rings. The number of aromatic amines is 1. The zero-order valence-corrected chi connectivity index (χ0v) is 22.4. The lowest BCUT2D eigenvalue weighted by molar-refractivity contribution is -0.155. The molecular weight excluding hydrogens is 588 g/mol. The first-order chi connectivity index (χ1) is 20.9. The minimum absolute atomic E-state index is 0.0181. The van der Waals surface area contributed by atoms with Crippen LogP contribution in [0.25, 0.3) is 44.9 Å². The van der Waals surface area contributed by atoms with Crippen molar-refractivity contribution in [3.63, 3.8) is 0 Å². The highest BCUT2D eigenvalue weighted by atomic mass is 19.4. The fraction of sp³-hybridized carbons (Fsp3) is 0.0625. The molecule has 0 bridgehead atoms. The molecule has 6 aromatic rings. The van der Waals surface area contributed by atoms with E-state index in [4.69, 9.17) is 0 Å². The van der Waals surface area contributed by atoms with Crippen molar-refractivity contribution < 1.29 is 41.1 Å². The summed E-state index contributed by atoms with van der Waals surface area (Å²) in [5, 5.41) is 22.2. The molecule has 0 aliphatic carbocycles. The number of hydrogen-bond acceptors (Lipinski definition) is 5. The maximum absolute atomic E-state index is 13.2. The molecule has 0 saturated heterocycles. The molecule has 2 aromatic heterocycles. The summed E-state index contributed by atoms with van der Waals surface area (Å²) in [5.74, 6) is -2.12. The van der Waals surface area contributed by atoms with Crippen molar-refractivity contribution in [3.05, 3.63) is 121 Å². The van der Waals surface area contributed by atoms with Crippen molar-refractivity contribution in [3.8, 4) is 56.4 Å². The summed E-state index contributed by atoms with van der Waals surface area (Å²) in [4.78, 5) is 6.05. The van der Waals surface area contributed by atoms with Crippen LogP contribution in [-0.2, 0) is 12.4 Å². The predicted octanol–water partition coefficient (Wildman–Crippen LogP) is 9.20. The molecular formula is C32H21F6N3O3. The first kappa shape index (κ1) is 30.0. The molecule has 0 saturated carbocycles. The molecule has 0 amide bonds. The lowest BCUT2D eigenvalue weighted by atomic mass is 9.99. The van der Waals surface area contributed by atoms with Gasteiger partial charge in [-0.05, 0) is 54.1 Å². The van der Waals surface area contributed by atoms with Gasteiger partial charge in [-0.2, -0.15) is 26.3 Å². The maximum atomic E-state index is 13.2. The number of H-pyrrole nitrogens is 1. The van der Waals surface area contributed by atoms with E-state index in [1.165, 1.54) is 48.5 Å². The summed E-state index contributed by atoms with van der Waals surface area (Å²) >= 11 is 0. The smallest absolute Gasteiger partial charge is 0.453 e. The van der Waals surface area contributed by atoms with Gasteiger partial charge in [0.25, 0.3) is 0 Å². The van der Waals surface area contributed by atoms with E-state index in [0.29, 0.717) is 22.3 Å². The first-order valence-electron chi connectivity index (χ1n) is 12.9. The Morgan fingerprint density at radius 2 is 1.02 bits per heavy atom. The third-order valence-electron chi connectivity index (χ3n) is 6.33. The van der Waals surface area contributed by atoms with Crippen molar-refractivity contribution in [2.45, 2.75) is 12.4 Å². The molecule has 2 heterocycles. The standard InChI is InChI=1S/C16H11F3N2O.C16H10F3NO2/c17-16(18,19)15-20-13(10-4-2-1-3-5-10)14(21-15)11-6-8-12(22)9-7-11;17-16(18,19)15-13(10-4-2-1-3-5-10)14(20-22-15)11-6-8-12(21)9-7-11/h1-9,22H,(H,20,21);1-9,21H. The molecule has 44 heavy (non-hydrogen) atoms. The lowest BCUT2D eigenvalue weighted by Gasteiger charge is -2.07. The SMILES string of the molecule is Oc1ccc(-c2[nH]c(C(F)(F)F)nc2-c2ccccc2)cc1.Oc1ccc(-c2noc(C(F)(F)F)c2-c2ccccc2)cc1. The molecule has 0 spiro atoms. The van der Waals surface area contributed by atoms with Crippen LogP contribution >= 0.6 is 0 Å². The molecule has 0 atom stereocenters. The molecule has 3 N–H and O–H groups in total.